The van der Waals surface area contributed by atoms with Crippen LogP contribution in [0.15, 0.2) is 24.3 Å². The molecular formula is C14H22N2O. The third-order valence-corrected chi connectivity index (χ3v) is 3.55. The molecule has 3 nitrogen and oxygen atoms in total. The molecule has 0 saturated carbocycles. The van der Waals surface area contributed by atoms with Crippen LogP contribution in [0.1, 0.15) is 19.3 Å². The van der Waals surface area contributed by atoms with E-state index in [0.717, 1.165) is 18.8 Å². The Labute approximate surface area is 104 Å². The second kappa shape index (κ2) is 5.92. The molecule has 0 bridgehead atoms. The van der Waals surface area contributed by atoms with E-state index in [0.29, 0.717) is 6.04 Å². The normalized spacial score (nSPS) is 20.7. The molecule has 0 amide bonds. The van der Waals surface area contributed by atoms with Gasteiger partial charge in [0.2, 0.25) is 0 Å². The number of ether oxygens (including phenoxy) is 1. The van der Waals surface area contributed by atoms with E-state index >= 15 is 0 Å². The van der Waals surface area contributed by atoms with Crippen LogP contribution in [0.5, 0.6) is 5.75 Å². The Morgan fingerprint density at radius 3 is 3.00 bits per heavy atom. The number of benzene rings is 1. The number of anilines is 1. The van der Waals surface area contributed by atoms with Gasteiger partial charge in [-0.2, -0.15) is 0 Å². The van der Waals surface area contributed by atoms with Crippen molar-refractivity contribution >= 4 is 5.69 Å². The molecule has 1 unspecified atom stereocenters. The zero-order valence-corrected chi connectivity index (χ0v) is 10.8. The first-order valence-electron chi connectivity index (χ1n) is 6.39. The molecule has 1 fully saturated rings. The summed E-state index contributed by atoms with van der Waals surface area (Å²) in [4.78, 5) is 2.38. The van der Waals surface area contributed by atoms with E-state index in [9.17, 15) is 0 Å². The van der Waals surface area contributed by atoms with E-state index < -0.39 is 0 Å². The quantitative estimate of drug-likeness (QED) is 0.868. The first-order valence-corrected chi connectivity index (χ1v) is 6.39. The van der Waals surface area contributed by atoms with Crippen molar-refractivity contribution in [2.75, 3.05) is 32.1 Å². The summed E-state index contributed by atoms with van der Waals surface area (Å²) >= 11 is 0. The number of methoxy groups -OCH3 is 1. The molecule has 94 valence electrons. The molecule has 0 spiro atoms. The maximum Gasteiger partial charge on any atom is 0.120 e. The minimum absolute atomic E-state index is 0.636. The number of nitrogens with one attached hydrogen (secondary N) is 1. The summed E-state index contributed by atoms with van der Waals surface area (Å²) < 4.78 is 5.28. The zero-order chi connectivity index (χ0) is 12.1. The van der Waals surface area contributed by atoms with E-state index in [2.05, 4.69) is 35.5 Å². The van der Waals surface area contributed by atoms with Gasteiger partial charge in [0.15, 0.2) is 0 Å². The van der Waals surface area contributed by atoms with Gasteiger partial charge in [0.05, 0.1) is 7.11 Å². The maximum absolute atomic E-state index is 5.28. The molecule has 1 heterocycles. The van der Waals surface area contributed by atoms with Crippen LogP contribution in [0.25, 0.3) is 0 Å². The van der Waals surface area contributed by atoms with Gasteiger partial charge in [-0.05, 0) is 44.5 Å². The SMILES string of the molecule is COc1cccc(N(C)C2CCCNCC2)c1. The monoisotopic (exact) mass is 234 g/mol. The zero-order valence-electron chi connectivity index (χ0n) is 10.8. The van der Waals surface area contributed by atoms with Gasteiger partial charge in [0.1, 0.15) is 5.75 Å². The minimum atomic E-state index is 0.636. The summed E-state index contributed by atoms with van der Waals surface area (Å²) in [6, 6.07) is 8.95. The van der Waals surface area contributed by atoms with E-state index in [1.807, 2.05) is 6.07 Å². The van der Waals surface area contributed by atoms with Crippen LogP contribution in [0, 0.1) is 0 Å². The molecule has 1 N–H and O–H groups in total. The molecular weight excluding hydrogens is 212 g/mol. The largest absolute Gasteiger partial charge is 0.497 e. The highest BCUT2D eigenvalue weighted by atomic mass is 16.5. The third-order valence-electron chi connectivity index (χ3n) is 3.55. The van der Waals surface area contributed by atoms with Gasteiger partial charge < -0.3 is 15.0 Å². The van der Waals surface area contributed by atoms with Crippen molar-refractivity contribution in [1.82, 2.24) is 5.32 Å². The fourth-order valence-electron chi connectivity index (χ4n) is 2.43. The second-order valence-electron chi connectivity index (χ2n) is 4.65. The summed E-state index contributed by atoms with van der Waals surface area (Å²) in [7, 11) is 3.90. The van der Waals surface area contributed by atoms with Gasteiger partial charge in [-0.15, -0.1) is 0 Å². The van der Waals surface area contributed by atoms with Gasteiger partial charge in [-0.1, -0.05) is 6.07 Å². The van der Waals surface area contributed by atoms with Crippen LogP contribution < -0.4 is 15.0 Å². The lowest BCUT2D eigenvalue weighted by Crippen LogP contribution is -2.32. The Kier molecular flexibility index (Phi) is 4.26. The van der Waals surface area contributed by atoms with Crippen molar-refractivity contribution in [3.8, 4) is 5.75 Å². The van der Waals surface area contributed by atoms with E-state index in [1.165, 1.54) is 24.9 Å². The van der Waals surface area contributed by atoms with Crippen LogP contribution in [0.3, 0.4) is 0 Å². The summed E-state index contributed by atoms with van der Waals surface area (Å²) in [5.41, 5.74) is 1.25. The molecule has 1 aromatic rings. The summed E-state index contributed by atoms with van der Waals surface area (Å²) in [5.74, 6) is 0.932. The maximum atomic E-state index is 5.28. The van der Waals surface area contributed by atoms with Crippen molar-refractivity contribution in [2.45, 2.75) is 25.3 Å². The topological polar surface area (TPSA) is 24.5 Å². The second-order valence-corrected chi connectivity index (χ2v) is 4.65. The standard InChI is InChI=1S/C14H22N2O/c1-16(12-6-4-9-15-10-8-12)13-5-3-7-14(11-13)17-2/h3,5,7,11-12,15H,4,6,8-10H2,1-2H3. The molecule has 3 heteroatoms. The van der Waals surface area contributed by atoms with Gasteiger partial charge in [0.25, 0.3) is 0 Å². The van der Waals surface area contributed by atoms with Crippen molar-refractivity contribution < 1.29 is 4.74 Å². The van der Waals surface area contributed by atoms with Gasteiger partial charge >= 0.3 is 0 Å². The van der Waals surface area contributed by atoms with E-state index in [4.69, 9.17) is 4.74 Å². The Balaban J connectivity index is 2.08. The van der Waals surface area contributed by atoms with Crippen LogP contribution >= 0.6 is 0 Å². The molecule has 1 aliphatic heterocycles. The molecule has 0 radical (unpaired) electrons. The molecule has 0 aromatic heterocycles. The number of nitrogens with zero attached hydrogens (tertiary/aromatic N) is 1. The van der Waals surface area contributed by atoms with Crippen molar-refractivity contribution in [3.05, 3.63) is 24.3 Å². The Morgan fingerprint density at radius 1 is 1.29 bits per heavy atom. The van der Waals surface area contributed by atoms with Crippen LogP contribution in [-0.2, 0) is 0 Å². The molecule has 1 aliphatic rings. The summed E-state index contributed by atoms with van der Waals surface area (Å²) in [6.07, 6.45) is 3.74. The fourth-order valence-corrected chi connectivity index (χ4v) is 2.43. The first-order chi connectivity index (χ1) is 8.31. The van der Waals surface area contributed by atoms with Gasteiger partial charge in [0, 0.05) is 24.8 Å². The van der Waals surface area contributed by atoms with Crippen molar-refractivity contribution in [2.24, 2.45) is 0 Å². The lowest BCUT2D eigenvalue weighted by molar-refractivity contribution is 0.414. The Hall–Kier alpha value is -1.22. The number of hydrogen-bond acceptors (Lipinski definition) is 3. The Bertz CT molecular complexity index is 346. The van der Waals surface area contributed by atoms with Crippen LogP contribution in [0.2, 0.25) is 0 Å². The van der Waals surface area contributed by atoms with Gasteiger partial charge in [-0.25, -0.2) is 0 Å². The molecule has 1 saturated heterocycles. The number of hydrogen-bond donors (Lipinski definition) is 1. The molecule has 2 rings (SSSR count). The van der Waals surface area contributed by atoms with Crippen molar-refractivity contribution in [1.29, 1.82) is 0 Å². The molecule has 17 heavy (non-hydrogen) atoms. The molecule has 1 atom stereocenters. The third kappa shape index (κ3) is 3.13. The van der Waals surface area contributed by atoms with Gasteiger partial charge in [-0.3, -0.25) is 0 Å². The lowest BCUT2D eigenvalue weighted by Gasteiger charge is -2.29. The van der Waals surface area contributed by atoms with Crippen molar-refractivity contribution in [3.63, 3.8) is 0 Å². The summed E-state index contributed by atoms with van der Waals surface area (Å²) in [5, 5.41) is 3.45. The highest BCUT2D eigenvalue weighted by molar-refractivity contribution is 5.50. The highest BCUT2D eigenvalue weighted by Gasteiger charge is 2.17. The average Bonchev–Trinajstić information content (AvgIpc) is 2.67. The van der Waals surface area contributed by atoms with E-state index in [-0.39, 0.29) is 0 Å². The average molecular weight is 234 g/mol. The smallest absolute Gasteiger partial charge is 0.120 e. The minimum Gasteiger partial charge on any atom is -0.497 e. The van der Waals surface area contributed by atoms with Crippen LogP contribution in [0.4, 0.5) is 5.69 Å². The summed E-state index contributed by atoms with van der Waals surface area (Å²) in [6.45, 7) is 2.28. The van der Waals surface area contributed by atoms with Crippen LogP contribution in [-0.4, -0.2) is 33.3 Å². The highest BCUT2D eigenvalue weighted by Crippen LogP contribution is 2.24. The fraction of sp³-hybridized carbons (Fsp3) is 0.571. The Morgan fingerprint density at radius 2 is 2.18 bits per heavy atom. The predicted octanol–water partition coefficient (Wildman–Crippen LogP) is 2.27. The molecule has 0 aliphatic carbocycles. The predicted molar refractivity (Wildman–Crippen MR) is 71.9 cm³/mol. The lowest BCUT2D eigenvalue weighted by atomic mass is 10.1. The van der Waals surface area contributed by atoms with E-state index in [1.54, 1.807) is 7.11 Å². The molecule has 1 aromatic carbocycles. The first kappa shape index (κ1) is 12.2. The number of rotatable bonds is 3.